The zero-order valence-corrected chi connectivity index (χ0v) is 14.6. The number of nitrogens with one attached hydrogen (secondary N) is 1. The standard InChI is InChI=1S/C19H25N3O2/c1-4-15-5-10-18(20-15)19(23)22-12-11-21(13-14(22)2)16-6-8-17(24-3)9-7-16/h5-10,14,20H,4,11-13H2,1-3H3. The third-order valence-electron chi connectivity index (χ3n) is 4.68. The van der Waals surface area contributed by atoms with Crippen LogP contribution in [0.25, 0.3) is 0 Å². The minimum Gasteiger partial charge on any atom is -0.497 e. The monoisotopic (exact) mass is 327 g/mol. The van der Waals surface area contributed by atoms with E-state index in [1.807, 2.05) is 29.2 Å². The molecule has 0 radical (unpaired) electrons. The summed E-state index contributed by atoms with van der Waals surface area (Å²) < 4.78 is 5.21. The van der Waals surface area contributed by atoms with Gasteiger partial charge < -0.3 is 19.5 Å². The Kier molecular flexibility index (Phi) is 4.79. The van der Waals surface area contributed by atoms with Gasteiger partial charge in [-0.1, -0.05) is 6.92 Å². The summed E-state index contributed by atoms with van der Waals surface area (Å²) in [6.45, 7) is 6.59. The van der Waals surface area contributed by atoms with E-state index in [9.17, 15) is 4.79 Å². The van der Waals surface area contributed by atoms with Gasteiger partial charge in [-0.05, 0) is 49.7 Å². The number of piperazine rings is 1. The highest BCUT2D eigenvalue weighted by Gasteiger charge is 2.28. The fourth-order valence-electron chi connectivity index (χ4n) is 3.21. The quantitative estimate of drug-likeness (QED) is 0.939. The lowest BCUT2D eigenvalue weighted by molar-refractivity contribution is 0.0668. The summed E-state index contributed by atoms with van der Waals surface area (Å²) in [5.74, 6) is 0.954. The average Bonchev–Trinajstić information content (AvgIpc) is 3.10. The number of aromatic nitrogens is 1. The Hall–Kier alpha value is -2.43. The van der Waals surface area contributed by atoms with Gasteiger partial charge >= 0.3 is 0 Å². The minimum absolute atomic E-state index is 0.0941. The van der Waals surface area contributed by atoms with Gasteiger partial charge in [-0.3, -0.25) is 4.79 Å². The molecule has 5 nitrogen and oxygen atoms in total. The molecule has 1 aliphatic heterocycles. The number of amides is 1. The molecule has 1 aliphatic rings. The predicted octanol–water partition coefficient (Wildman–Crippen LogP) is 2.94. The topological polar surface area (TPSA) is 48.6 Å². The van der Waals surface area contributed by atoms with Gasteiger partial charge in [0.05, 0.1) is 7.11 Å². The second kappa shape index (κ2) is 6.99. The number of aryl methyl sites for hydroxylation is 1. The number of carbonyl (C=O) groups is 1. The lowest BCUT2D eigenvalue weighted by atomic mass is 10.1. The summed E-state index contributed by atoms with van der Waals surface area (Å²) in [6, 6.07) is 12.1. The van der Waals surface area contributed by atoms with E-state index in [0.29, 0.717) is 5.69 Å². The molecule has 1 fully saturated rings. The van der Waals surface area contributed by atoms with Crippen molar-refractivity contribution in [3.05, 3.63) is 47.8 Å². The molecule has 2 aromatic rings. The number of carbonyl (C=O) groups excluding carboxylic acids is 1. The molecule has 0 spiro atoms. The third kappa shape index (κ3) is 3.25. The number of ether oxygens (including phenoxy) is 1. The first-order chi connectivity index (χ1) is 11.6. The van der Waals surface area contributed by atoms with E-state index in [-0.39, 0.29) is 11.9 Å². The van der Waals surface area contributed by atoms with Crippen molar-refractivity contribution in [2.24, 2.45) is 0 Å². The molecule has 24 heavy (non-hydrogen) atoms. The predicted molar refractivity (Wildman–Crippen MR) is 95.9 cm³/mol. The minimum atomic E-state index is 0.0941. The van der Waals surface area contributed by atoms with Gasteiger partial charge in [-0.2, -0.15) is 0 Å². The zero-order chi connectivity index (χ0) is 17.1. The highest BCUT2D eigenvalue weighted by atomic mass is 16.5. The first-order valence-electron chi connectivity index (χ1n) is 8.50. The summed E-state index contributed by atoms with van der Waals surface area (Å²) in [6.07, 6.45) is 0.911. The maximum absolute atomic E-state index is 12.7. The maximum Gasteiger partial charge on any atom is 0.270 e. The molecular weight excluding hydrogens is 302 g/mol. The van der Waals surface area contributed by atoms with E-state index in [1.165, 1.54) is 5.69 Å². The molecule has 1 aromatic heterocycles. The fourth-order valence-corrected chi connectivity index (χ4v) is 3.21. The number of aromatic amines is 1. The SMILES string of the molecule is CCc1ccc(C(=O)N2CCN(c3ccc(OC)cc3)CC2C)[nH]1. The number of hydrogen-bond donors (Lipinski definition) is 1. The van der Waals surface area contributed by atoms with Gasteiger partial charge in [-0.25, -0.2) is 0 Å². The highest BCUT2D eigenvalue weighted by molar-refractivity contribution is 5.93. The van der Waals surface area contributed by atoms with Gasteiger partial charge in [0.1, 0.15) is 11.4 Å². The lowest BCUT2D eigenvalue weighted by Gasteiger charge is -2.40. The highest BCUT2D eigenvalue weighted by Crippen LogP contribution is 2.23. The van der Waals surface area contributed by atoms with E-state index in [2.05, 4.69) is 35.9 Å². The number of rotatable bonds is 4. The van der Waals surface area contributed by atoms with E-state index >= 15 is 0 Å². The molecule has 3 rings (SSSR count). The number of methoxy groups -OCH3 is 1. The van der Waals surface area contributed by atoms with E-state index in [1.54, 1.807) is 7.11 Å². The summed E-state index contributed by atoms with van der Waals surface area (Å²) in [4.78, 5) is 20.2. The van der Waals surface area contributed by atoms with E-state index < -0.39 is 0 Å². The molecule has 1 saturated heterocycles. The van der Waals surface area contributed by atoms with E-state index in [4.69, 9.17) is 4.74 Å². The van der Waals surface area contributed by atoms with Crippen molar-refractivity contribution in [1.29, 1.82) is 0 Å². The van der Waals surface area contributed by atoms with Crippen molar-refractivity contribution in [3.63, 3.8) is 0 Å². The van der Waals surface area contributed by atoms with Gasteiger partial charge in [0, 0.05) is 37.1 Å². The summed E-state index contributed by atoms with van der Waals surface area (Å²) >= 11 is 0. The molecule has 0 saturated carbocycles. The van der Waals surface area contributed by atoms with Crippen LogP contribution in [0.3, 0.4) is 0 Å². The molecule has 0 bridgehead atoms. The van der Waals surface area contributed by atoms with Crippen LogP contribution in [0.15, 0.2) is 36.4 Å². The smallest absolute Gasteiger partial charge is 0.270 e. The summed E-state index contributed by atoms with van der Waals surface area (Å²) in [7, 11) is 1.67. The van der Waals surface area contributed by atoms with Crippen LogP contribution >= 0.6 is 0 Å². The Bertz CT molecular complexity index is 693. The summed E-state index contributed by atoms with van der Waals surface area (Å²) in [5.41, 5.74) is 2.96. The largest absolute Gasteiger partial charge is 0.497 e. The molecular formula is C19H25N3O2. The second-order valence-electron chi connectivity index (χ2n) is 6.24. The second-order valence-corrected chi connectivity index (χ2v) is 6.24. The Morgan fingerprint density at radius 3 is 2.54 bits per heavy atom. The van der Waals surface area contributed by atoms with Crippen molar-refractivity contribution in [2.45, 2.75) is 26.3 Å². The number of hydrogen-bond acceptors (Lipinski definition) is 3. The van der Waals surface area contributed by atoms with Crippen LogP contribution in [0, 0.1) is 0 Å². The molecule has 1 atom stereocenters. The lowest BCUT2D eigenvalue weighted by Crippen LogP contribution is -2.54. The molecule has 0 aliphatic carbocycles. The third-order valence-corrected chi connectivity index (χ3v) is 4.68. The van der Waals surface area contributed by atoms with Crippen molar-refractivity contribution in [1.82, 2.24) is 9.88 Å². The Morgan fingerprint density at radius 2 is 1.96 bits per heavy atom. The first kappa shape index (κ1) is 16.4. The Morgan fingerprint density at radius 1 is 1.21 bits per heavy atom. The molecule has 128 valence electrons. The first-order valence-corrected chi connectivity index (χ1v) is 8.50. The van der Waals surface area contributed by atoms with Crippen LogP contribution in [-0.4, -0.2) is 48.6 Å². The molecule has 1 unspecified atom stereocenters. The molecule has 1 amide bonds. The fraction of sp³-hybridized carbons (Fsp3) is 0.421. The van der Waals surface area contributed by atoms with E-state index in [0.717, 1.165) is 37.5 Å². The van der Waals surface area contributed by atoms with Crippen molar-refractivity contribution in [2.75, 3.05) is 31.6 Å². The average molecular weight is 327 g/mol. The van der Waals surface area contributed by atoms with Crippen LogP contribution in [-0.2, 0) is 6.42 Å². The molecule has 2 heterocycles. The van der Waals surface area contributed by atoms with Gasteiger partial charge in [0.25, 0.3) is 5.91 Å². The molecule has 1 N–H and O–H groups in total. The Balaban J connectivity index is 1.67. The van der Waals surface area contributed by atoms with Crippen LogP contribution in [0.1, 0.15) is 30.0 Å². The number of nitrogens with zero attached hydrogens (tertiary/aromatic N) is 2. The van der Waals surface area contributed by atoms with Crippen LogP contribution in [0.4, 0.5) is 5.69 Å². The number of benzene rings is 1. The van der Waals surface area contributed by atoms with Crippen molar-refractivity contribution >= 4 is 11.6 Å². The van der Waals surface area contributed by atoms with Gasteiger partial charge in [0.2, 0.25) is 0 Å². The Labute approximate surface area is 143 Å². The molecule has 1 aromatic carbocycles. The van der Waals surface area contributed by atoms with Crippen LogP contribution < -0.4 is 9.64 Å². The van der Waals surface area contributed by atoms with Crippen LogP contribution in [0.2, 0.25) is 0 Å². The number of H-pyrrole nitrogens is 1. The zero-order valence-electron chi connectivity index (χ0n) is 14.6. The van der Waals surface area contributed by atoms with Crippen LogP contribution in [0.5, 0.6) is 5.75 Å². The molecule has 5 heteroatoms. The van der Waals surface area contributed by atoms with Gasteiger partial charge in [0.15, 0.2) is 0 Å². The number of anilines is 1. The van der Waals surface area contributed by atoms with Crippen molar-refractivity contribution < 1.29 is 9.53 Å². The maximum atomic E-state index is 12.7. The van der Waals surface area contributed by atoms with Gasteiger partial charge in [-0.15, -0.1) is 0 Å². The van der Waals surface area contributed by atoms with Crippen molar-refractivity contribution in [3.8, 4) is 5.75 Å². The summed E-state index contributed by atoms with van der Waals surface area (Å²) in [5, 5.41) is 0. The normalized spacial score (nSPS) is 17.9.